The molecule has 0 aliphatic carbocycles. The Balaban J connectivity index is 1.99. The number of fused-ring (bicyclic) bond motifs is 1. The zero-order valence-electron chi connectivity index (χ0n) is 10.7. The molecule has 2 heterocycles. The Labute approximate surface area is 119 Å². The highest BCUT2D eigenvalue weighted by molar-refractivity contribution is 7.80. The monoisotopic (exact) mass is 308 g/mol. The van der Waals surface area contributed by atoms with Crippen molar-refractivity contribution in [3.05, 3.63) is 11.6 Å². The van der Waals surface area contributed by atoms with Crippen LogP contribution in [-0.2, 0) is 24.3 Å². The average molecular weight is 308 g/mol. The van der Waals surface area contributed by atoms with Gasteiger partial charge in [0.25, 0.3) is 0 Å². The molecule has 0 fully saturated rings. The van der Waals surface area contributed by atoms with Gasteiger partial charge >= 0.3 is 6.18 Å². The minimum Gasteiger partial charge on any atom is -0.349 e. The SMILES string of the molecule is O=C(CCS)NCc1nnc2n1CCC(C(F)(F)F)C2. The molecular formula is C11H15F3N4OS. The van der Waals surface area contributed by atoms with Crippen molar-refractivity contribution in [2.24, 2.45) is 5.92 Å². The van der Waals surface area contributed by atoms with Crippen molar-refractivity contribution in [3.63, 3.8) is 0 Å². The van der Waals surface area contributed by atoms with Crippen molar-refractivity contribution < 1.29 is 18.0 Å². The van der Waals surface area contributed by atoms with Gasteiger partial charge in [0.1, 0.15) is 5.82 Å². The van der Waals surface area contributed by atoms with Crippen LogP contribution in [0.25, 0.3) is 0 Å². The summed E-state index contributed by atoms with van der Waals surface area (Å²) in [4.78, 5) is 11.3. The number of hydrogen-bond donors (Lipinski definition) is 2. The molecule has 1 aromatic rings. The van der Waals surface area contributed by atoms with E-state index < -0.39 is 12.1 Å². The van der Waals surface area contributed by atoms with Crippen LogP contribution in [0.1, 0.15) is 24.5 Å². The second kappa shape index (κ2) is 6.02. The average Bonchev–Trinajstić information content (AvgIpc) is 2.78. The molecule has 20 heavy (non-hydrogen) atoms. The minimum atomic E-state index is -4.20. The molecule has 1 aliphatic rings. The molecule has 1 unspecified atom stereocenters. The molecule has 112 valence electrons. The standard InChI is InChI=1S/C11H15F3N4OS/c12-11(13,14)7-1-3-18-8(5-7)16-17-9(18)6-15-10(19)2-4-20/h7,20H,1-6H2,(H,15,19). The fraction of sp³-hybridized carbons (Fsp3) is 0.727. The van der Waals surface area contributed by atoms with Gasteiger partial charge in [-0.25, -0.2) is 0 Å². The highest BCUT2D eigenvalue weighted by Crippen LogP contribution is 2.34. The second-order valence-corrected chi connectivity index (χ2v) is 5.11. The van der Waals surface area contributed by atoms with Gasteiger partial charge in [0.2, 0.25) is 5.91 Å². The van der Waals surface area contributed by atoms with Crippen LogP contribution in [0.5, 0.6) is 0 Å². The van der Waals surface area contributed by atoms with Gasteiger partial charge in [-0.05, 0) is 12.2 Å². The molecule has 0 aromatic carbocycles. The van der Waals surface area contributed by atoms with Crippen molar-refractivity contribution in [1.82, 2.24) is 20.1 Å². The smallest absolute Gasteiger partial charge is 0.349 e. The lowest BCUT2D eigenvalue weighted by molar-refractivity contribution is -0.179. The van der Waals surface area contributed by atoms with Crippen molar-refractivity contribution in [1.29, 1.82) is 0 Å². The van der Waals surface area contributed by atoms with E-state index >= 15 is 0 Å². The fourth-order valence-corrected chi connectivity index (χ4v) is 2.37. The summed E-state index contributed by atoms with van der Waals surface area (Å²) in [6.07, 6.45) is -4.04. The van der Waals surface area contributed by atoms with Crippen molar-refractivity contribution in [3.8, 4) is 0 Å². The Kier molecular flexibility index (Phi) is 4.56. The van der Waals surface area contributed by atoms with Crippen LogP contribution in [0.15, 0.2) is 0 Å². The molecular weight excluding hydrogens is 293 g/mol. The third kappa shape index (κ3) is 3.44. The number of thiol groups is 1. The Morgan fingerprint density at radius 1 is 1.45 bits per heavy atom. The van der Waals surface area contributed by atoms with Gasteiger partial charge in [0, 0.05) is 19.4 Å². The van der Waals surface area contributed by atoms with Gasteiger partial charge < -0.3 is 9.88 Å². The van der Waals surface area contributed by atoms with E-state index in [1.54, 1.807) is 4.57 Å². The molecule has 9 heteroatoms. The van der Waals surface area contributed by atoms with E-state index in [9.17, 15) is 18.0 Å². The summed E-state index contributed by atoms with van der Waals surface area (Å²) in [7, 11) is 0. The van der Waals surface area contributed by atoms with Crippen LogP contribution in [0.4, 0.5) is 13.2 Å². The maximum atomic E-state index is 12.7. The second-order valence-electron chi connectivity index (χ2n) is 4.67. The van der Waals surface area contributed by atoms with Crippen molar-refractivity contribution in [2.75, 3.05) is 5.75 Å². The molecule has 5 nitrogen and oxygen atoms in total. The van der Waals surface area contributed by atoms with Gasteiger partial charge in [-0.15, -0.1) is 10.2 Å². The minimum absolute atomic E-state index is 0.0200. The van der Waals surface area contributed by atoms with Crippen LogP contribution in [0.2, 0.25) is 0 Å². The number of carbonyl (C=O) groups excluding carboxylic acids is 1. The van der Waals surface area contributed by atoms with E-state index in [-0.39, 0.29) is 31.8 Å². The van der Waals surface area contributed by atoms with Gasteiger partial charge in [-0.2, -0.15) is 25.8 Å². The molecule has 1 N–H and O–H groups in total. The summed E-state index contributed by atoms with van der Waals surface area (Å²) in [6, 6.07) is 0. The first kappa shape index (κ1) is 15.1. The van der Waals surface area contributed by atoms with Crippen LogP contribution in [0.3, 0.4) is 0 Å². The molecule has 1 aromatic heterocycles. The maximum absolute atomic E-state index is 12.7. The van der Waals surface area contributed by atoms with Gasteiger partial charge in [0.05, 0.1) is 12.5 Å². The van der Waals surface area contributed by atoms with Crippen LogP contribution in [-0.4, -0.2) is 32.6 Å². The number of nitrogens with one attached hydrogen (secondary N) is 1. The third-order valence-corrected chi connectivity index (χ3v) is 3.50. The molecule has 1 amide bonds. The quantitative estimate of drug-likeness (QED) is 0.825. The zero-order valence-corrected chi connectivity index (χ0v) is 11.5. The van der Waals surface area contributed by atoms with E-state index in [0.717, 1.165) is 0 Å². The van der Waals surface area contributed by atoms with Gasteiger partial charge in [-0.1, -0.05) is 0 Å². The number of carbonyl (C=O) groups is 1. The molecule has 1 atom stereocenters. The predicted molar refractivity (Wildman–Crippen MR) is 68.2 cm³/mol. The summed E-state index contributed by atoms with van der Waals surface area (Å²) < 4.78 is 39.6. The number of rotatable bonds is 4. The lowest BCUT2D eigenvalue weighted by Crippen LogP contribution is -2.32. The lowest BCUT2D eigenvalue weighted by Gasteiger charge is -2.25. The number of halogens is 3. The van der Waals surface area contributed by atoms with E-state index in [2.05, 4.69) is 28.1 Å². The molecule has 0 saturated heterocycles. The summed E-state index contributed by atoms with van der Waals surface area (Å²) >= 11 is 3.94. The normalized spacial score (nSPS) is 18.7. The fourth-order valence-electron chi connectivity index (χ4n) is 2.17. The Bertz CT molecular complexity index is 489. The first-order valence-electron chi connectivity index (χ1n) is 6.27. The zero-order chi connectivity index (χ0) is 14.8. The lowest BCUT2D eigenvalue weighted by atomic mass is 9.97. The summed E-state index contributed by atoms with van der Waals surface area (Å²) in [5.41, 5.74) is 0. The number of amides is 1. The van der Waals surface area contributed by atoms with Crippen molar-refractivity contribution in [2.45, 2.75) is 38.5 Å². The third-order valence-electron chi connectivity index (χ3n) is 3.28. The van der Waals surface area contributed by atoms with Crippen LogP contribution >= 0.6 is 12.6 Å². The number of nitrogens with zero attached hydrogens (tertiary/aromatic N) is 3. The van der Waals surface area contributed by atoms with E-state index in [1.807, 2.05) is 0 Å². The first-order chi connectivity index (χ1) is 9.41. The maximum Gasteiger partial charge on any atom is 0.392 e. The number of aromatic nitrogens is 3. The Hall–Kier alpha value is -1.25. The molecule has 1 aliphatic heterocycles. The Morgan fingerprint density at radius 2 is 2.20 bits per heavy atom. The Morgan fingerprint density at radius 3 is 2.85 bits per heavy atom. The van der Waals surface area contributed by atoms with Gasteiger partial charge in [-0.3, -0.25) is 4.79 Å². The largest absolute Gasteiger partial charge is 0.392 e. The van der Waals surface area contributed by atoms with Gasteiger partial charge in [0.15, 0.2) is 5.82 Å². The number of alkyl halides is 3. The topological polar surface area (TPSA) is 59.8 Å². The molecule has 0 saturated carbocycles. The highest BCUT2D eigenvalue weighted by Gasteiger charge is 2.42. The number of hydrogen-bond acceptors (Lipinski definition) is 4. The molecule has 0 bridgehead atoms. The molecule has 2 rings (SSSR count). The predicted octanol–water partition coefficient (Wildman–Crippen LogP) is 1.34. The molecule has 0 radical (unpaired) electrons. The highest BCUT2D eigenvalue weighted by atomic mass is 32.1. The molecule has 0 spiro atoms. The van der Waals surface area contributed by atoms with E-state index in [0.29, 0.717) is 23.8 Å². The summed E-state index contributed by atoms with van der Waals surface area (Å²) in [5.74, 6) is -0.255. The van der Waals surface area contributed by atoms with Crippen LogP contribution in [0, 0.1) is 5.92 Å². The van der Waals surface area contributed by atoms with E-state index in [4.69, 9.17) is 0 Å². The summed E-state index contributed by atoms with van der Waals surface area (Å²) in [6.45, 7) is 0.403. The van der Waals surface area contributed by atoms with E-state index in [1.165, 1.54) is 0 Å². The summed E-state index contributed by atoms with van der Waals surface area (Å²) in [5, 5.41) is 10.3. The van der Waals surface area contributed by atoms with Crippen LogP contribution < -0.4 is 5.32 Å². The van der Waals surface area contributed by atoms with Crippen molar-refractivity contribution >= 4 is 18.5 Å². The first-order valence-corrected chi connectivity index (χ1v) is 6.90.